The van der Waals surface area contributed by atoms with E-state index in [2.05, 4.69) is 46.4 Å². The third-order valence-corrected chi connectivity index (χ3v) is 5.09. The number of ether oxygens (including phenoxy) is 1. The number of rotatable bonds is 1. The molecular formula is C15H19BrN2O2. The van der Waals surface area contributed by atoms with Gasteiger partial charge in [-0.05, 0) is 47.8 Å². The van der Waals surface area contributed by atoms with Gasteiger partial charge in [0.2, 0.25) is 0 Å². The molecule has 4 nitrogen and oxygen atoms in total. The van der Waals surface area contributed by atoms with Crippen LogP contribution in [0.25, 0.3) is 0 Å². The molecule has 1 fully saturated rings. The van der Waals surface area contributed by atoms with E-state index in [0.717, 1.165) is 17.4 Å². The van der Waals surface area contributed by atoms with Crippen LogP contribution in [-0.2, 0) is 4.74 Å². The van der Waals surface area contributed by atoms with Crippen molar-refractivity contribution in [3.8, 4) is 0 Å². The van der Waals surface area contributed by atoms with Gasteiger partial charge in [-0.25, -0.2) is 4.79 Å². The molecule has 0 radical (unpaired) electrons. The molecule has 1 saturated heterocycles. The molecule has 20 heavy (non-hydrogen) atoms. The molecule has 0 unspecified atom stereocenters. The SMILES string of the molecule is CCOC(=O)N1CC[C@]2(C)Nc3c(Br)cccc3[C@@H]2C1. The van der Waals surface area contributed by atoms with Gasteiger partial charge in [-0.1, -0.05) is 12.1 Å². The maximum absolute atomic E-state index is 11.9. The summed E-state index contributed by atoms with van der Waals surface area (Å²) in [7, 11) is 0. The summed E-state index contributed by atoms with van der Waals surface area (Å²) in [5.41, 5.74) is 2.48. The zero-order chi connectivity index (χ0) is 14.3. The number of halogens is 1. The zero-order valence-electron chi connectivity index (χ0n) is 11.8. The smallest absolute Gasteiger partial charge is 0.409 e. The van der Waals surface area contributed by atoms with Gasteiger partial charge in [-0.3, -0.25) is 0 Å². The molecule has 1 aromatic carbocycles. The topological polar surface area (TPSA) is 41.6 Å². The van der Waals surface area contributed by atoms with Crippen molar-refractivity contribution in [2.75, 3.05) is 25.0 Å². The number of benzene rings is 1. The van der Waals surface area contributed by atoms with Crippen molar-refractivity contribution in [2.45, 2.75) is 31.7 Å². The van der Waals surface area contributed by atoms with Gasteiger partial charge in [0, 0.05) is 29.0 Å². The summed E-state index contributed by atoms with van der Waals surface area (Å²) in [6, 6.07) is 6.26. The number of hydrogen-bond acceptors (Lipinski definition) is 3. The lowest BCUT2D eigenvalue weighted by Crippen LogP contribution is -2.51. The predicted octanol–water partition coefficient (Wildman–Crippen LogP) is 3.58. The van der Waals surface area contributed by atoms with E-state index in [-0.39, 0.29) is 11.6 Å². The first-order chi connectivity index (χ1) is 9.55. The molecule has 2 aliphatic rings. The number of likely N-dealkylation sites (tertiary alicyclic amines) is 1. The van der Waals surface area contributed by atoms with Crippen LogP contribution in [0.1, 0.15) is 31.7 Å². The molecule has 0 saturated carbocycles. The number of amides is 1. The van der Waals surface area contributed by atoms with E-state index in [1.807, 2.05) is 11.8 Å². The van der Waals surface area contributed by atoms with Crippen molar-refractivity contribution in [1.82, 2.24) is 4.90 Å². The molecule has 1 amide bonds. The number of carbonyl (C=O) groups excluding carboxylic acids is 1. The normalized spacial score (nSPS) is 27.6. The lowest BCUT2D eigenvalue weighted by Gasteiger charge is -2.41. The van der Waals surface area contributed by atoms with Crippen molar-refractivity contribution >= 4 is 27.7 Å². The molecule has 3 rings (SSSR count). The fourth-order valence-corrected chi connectivity index (χ4v) is 3.76. The highest BCUT2D eigenvalue weighted by atomic mass is 79.9. The van der Waals surface area contributed by atoms with Gasteiger partial charge >= 0.3 is 6.09 Å². The van der Waals surface area contributed by atoms with Gasteiger partial charge < -0.3 is 15.0 Å². The van der Waals surface area contributed by atoms with Gasteiger partial charge in [-0.2, -0.15) is 0 Å². The van der Waals surface area contributed by atoms with Crippen LogP contribution in [0.3, 0.4) is 0 Å². The van der Waals surface area contributed by atoms with Crippen LogP contribution in [-0.4, -0.2) is 36.2 Å². The highest BCUT2D eigenvalue weighted by Crippen LogP contribution is 2.49. The molecule has 5 heteroatoms. The Morgan fingerprint density at radius 1 is 1.60 bits per heavy atom. The van der Waals surface area contributed by atoms with Crippen LogP contribution in [0.2, 0.25) is 0 Å². The molecule has 0 aromatic heterocycles. The van der Waals surface area contributed by atoms with E-state index >= 15 is 0 Å². The minimum atomic E-state index is -0.196. The maximum Gasteiger partial charge on any atom is 0.409 e. The fourth-order valence-electron chi connectivity index (χ4n) is 3.27. The van der Waals surface area contributed by atoms with Crippen LogP contribution >= 0.6 is 15.9 Å². The van der Waals surface area contributed by atoms with Crippen LogP contribution in [0.5, 0.6) is 0 Å². The maximum atomic E-state index is 11.9. The molecule has 0 bridgehead atoms. The van der Waals surface area contributed by atoms with Crippen LogP contribution < -0.4 is 5.32 Å². The third-order valence-electron chi connectivity index (χ3n) is 4.43. The number of carbonyl (C=O) groups is 1. The Morgan fingerprint density at radius 2 is 2.40 bits per heavy atom. The molecule has 1 aromatic rings. The molecule has 0 aliphatic carbocycles. The van der Waals surface area contributed by atoms with Crippen LogP contribution in [0.4, 0.5) is 10.5 Å². The van der Waals surface area contributed by atoms with E-state index in [9.17, 15) is 4.79 Å². The third kappa shape index (κ3) is 2.08. The number of para-hydroxylation sites is 1. The predicted molar refractivity (Wildman–Crippen MR) is 82.1 cm³/mol. The second kappa shape index (κ2) is 4.95. The summed E-state index contributed by atoms with van der Waals surface area (Å²) in [5.74, 6) is 0.313. The second-order valence-electron chi connectivity index (χ2n) is 5.69. The summed E-state index contributed by atoms with van der Waals surface area (Å²) in [4.78, 5) is 13.8. The Labute approximate surface area is 127 Å². The lowest BCUT2D eigenvalue weighted by molar-refractivity contribution is 0.0866. The van der Waals surface area contributed by atoms with Gasteiger partial charge in [0.1, 0.15) is 0 Å². The molecule has 2 aliphatic heterocycles. The zero-order valence-corrected chi connectivity index (χ0v) is 13.4. The van der Waals surface area contributed by atoms with Gasteiger partial charge in [0.15, 0.2) is 0 Å². The van der Waals surface area contributed by atoms with Crippen molar-refractivity contribution in [3.63, 3.8) is 0 Å². The van der Waals surface area contributed by atoms with E-state index in [0.29, 0.717) is 19.1 Å². The van der Waals surface area contributed by atoms with E-state index in [1.54, 1.807) is 0 Å². The molecule has 2 heterocycles. The highest BCUT2D eigenvalue weighted by molar-refractivity contribution is 9.10. The standard InChI is InChI=1S/C15H19BrN2O2/c1-3-20-14(19)18-8-7-15(2)11(9-18)10-5-4-6-12(16)13(10)17-15/h4-6,11,17H,3,7-9H2,1-2H3/t11-,15-/m0/s1. The van der Waals surface area contributed by atoms with Crippen LogP contribution in [0.15, 0.2) is 22.7 Å². The van der Waals surface area contributed by atoms with Crippen molar-refractivity contribution in [3.05, 3.63) is 28.2 Å². The first kappa shape index (κ1) is 13.7. The summed E-state index contributed by atoms with van der Waals surface area (Å²) >= 11 is 3.61. The van der Waals surface area contributed by atoms with Crippen molar-refractivity contribution < 1.29 is 9.53 Å². The minimum Gasteiger partial charge on any atom is -0.450 e. The Morgan fingerprint density at radius 3 is 3.15 bits per heavy atom. The van der Waals surface area contributed by atoms with E-state index < -0.39 is 0 Å². The van der Waals surface area contributed by atoms with Crippen LogP contribution in [0, 0.1) is 0 Å². The molecular weight excluding hydrogens is 320 g/mol. The summed E-state index contributed by atoms with van der Waals surface area (Å²) in [6.07, 6.45) is 0.732. The first-order valence-electron chi connectivity index (χ1n) is 7.03. The molecule has 0 spiro atoms. The van der Waals surface area contributed by atoms with Crippen molar-refractivity contribution in [1.29, 1.82) is 0 Å². The Hall–Kier alpha value is -1.23. The van der Waals surface area contributed by atoms with Gasteiger partial charge in [0.25, 0.3) is 0 Å². The Kier molecular flexibility index (Phi) is 3.40. The fraction of sp³-hybridized carbons (Fsp3) is 0.533. The van der Waals surface area contributed by atoms with E-state index in [4.69, 9.17) is 4.74 Å². The Balaban J connectivity index is 1.89. The molecule has 2 atom stereocenters. The summed E-state index contributed by atoms with van der Waals surface area (Å²) < 4.78 is 6.22. The summed E-state index contributed by atoms with van der Waals surface area (Å²) in [5, 5.41) is 3.65. The number of hydrogen-bond donors (Lipinski definition) is 1. The minimum absolute atomic E-state index is 0.0230. The number of nitrogens with one attached hydrogen (secondary N) is 1. The Bertz CT molecular complexity index is 549. The van der Waals surface area contributed by atoms with E-state index in [1.165, 1.54) is 11.3 Å². The van der Waals surface area contributed by atoms with Gasteiger partial charge in [-0.15, -0.1) is 0 Å². The lowest BCUT2D eigenvalue weighted by atomic mass is 9.79. The summed E-state index contributed by atoms with van der Waals surface area (Å²) in [6.45, 7) is 5.97. The second-order valence-corrected chi connectivity index (χ2v) is 6.55. The first-order valence-corrected chi connectivity index (χ1v) is 7.83. The average Bonchev–Trinajstić information content (AvgIpc) is 2.72. The molecule has 1 N–H and O–H groups in total. The number of anilines is 1. The monoisotopic (exact) mass is 338 g/mol. The number of nitrogens with zero attached hydrogens (tertiary/aromatic N) is 1. The quantitative estimate of drug-likeness (QED) is 0.850. The van der Waals surface area contributed by atoms with Crippen molar-refractivity contribution in [2.24, 2.45) is 0 Å². The highest BCUT2D eigenvalue weighted by Gasteiger charge is 2.47. The van der Waals surface area contributed by atoms with Gasteiger partial charge in [0.05, 0.1) is 12.3 Å². The number of fused-ring (bicyclic) bond motifs is 3. The average molecular weight is 339 g/mol. The molecule has 108 valence electrons. The largest absolute Gasteiger partial charge is 0.450 e. The number of piperidine rings is 1.